The lowest BCUT2D eigenvalue weighted by atomic mass is 9.84. The maximum absolute atomic E-state index is 14.0. The van der Waals surface area contributed by atoms with Crippen LogP contribution in [0, 0.1) is 17.0 Å². The van der Waals surface area contributed by atoms with Crippen LogP contribution in [0.1, 0.15) is 44.6 Å². The van der Waals surface area contributed by atoms with E-state index in [0.29, 0.717) is 22.6 Å². The number of hydrogen-bond acceptors (Lipinski definition) is 3. The third-order valence-corrected chi connectivity index (χ3v) is 5.77. The molecule has 0 saturated heterocycles. The average molecular weight is 488 g/mol. The molecule has 0 bridgehead atoms. The van der Waals surface area contributed by atoms with Gasteiger partial charge in [0.2, 0.25) is 0 Å². The lowest BCUT2D eigenvalue weighted by Crippen LogP contribution is -2.46. The van der Waals surface area contributed by atoms with Crippen molar-refractivity contribution in [2.24, 2.45) is 16.9 Å². The van der Waals surface area contributed by atoms with Crippen molar-refractivity contribution in [1.29, 1.82) is 0 Å². The number of primary amides is 1. The van der Waals surface area contributed by atoms with E-state index in [9.17, 15) is 18.0 Å². The zero-order valence-electron chi connectivity index (χ0n) is 20.2. The molecule has 3 rings (SSSR count). The van der Waals surface area contributed by atoms with Crippen LogP contribution in [0.3, 0.4) is 0 Å². The molecule has 1 heterocycles. The molecule has 188 valence electrons. The summed E-state index contributed by atoms with van der Waals surface area (Å²) in [5, 5.41) is 0. The number of imidazole rings is 1. The van der Waals surface area contributed by atoms with E-state index in [0.717, 1.165) is 0 Å². The number of benzene rings is 2. The minimum atomic E-state index is -0.729. The first-order valence-corrected chi connectivity index (χ1v) is 11.4. The summed E-state index contributed by atoms with van der Waals surface area (Å²) in [5.41, 5.74) is 12.7. The monoisotopic (exact) mass is 487 g/mol. The largest absolute Gasteiger partial charge is 0.351 e. The zero-order valence-corrected chi connectivity index (χ0v) is 20.2. The number of urea groups is 1. The molecule has 2 atom stereocenters. The second-order valence-electron chi connectivity index (χ2n) is 9.76. The van der Waals surface area contributed by atoms with E-state index in [1.54, 1.807) is 30.5 Å². The first-order chi connectivity index (χ1) is 16.5. The van der Waals surface area contributed by atoms with E-state index < -0.39 is 36.0 Å². The van der Waals surface area contributed by atoms with Gasteiger partial charge in [-0.2, -0.15) is 0 Å². The molecule has 6 nitrogen and oxygen atoms in total. The second kappa shape index (κ2) is 10.9. The Kier molecular flexibility index (Phi) is 8.22. The second-order valence-corrected chi connectivity index (χ2v) is 9.76. The summed E-state index contributed by atoms with van der Waals surface area (Å²) in [6, 6.07) is 10.2. The van der Waals surface area contributed by atoms with Gasteiger partial charge < -0.3 is 20.9 Å². The molecular weight excluding hydrogens is 455 g/mol. The summed E-state index contributed by atoms with van der Waals surface area (Å²) in [6.07, 6.45) is 1.97. The summed E-state index contributed by atoms with van der Waals surface area (Å²) in [4.78, 5) is 18.8. The summed E-state index contributed by atoms with van der Waals surface area (Å²) in [6.45, 7) is 5.48. The van der Waals surface area contributed by atoms with Gasteiger partial charge in [0.25, 0.3) is 0 Å². The molecule has 1 aromatic heterocycles. The van der Waals surface area contributed by atoms with Crippen molar-refractivity contribution in [3.8, 4) is 11.3 Å². The normalized spacial score (nSPS) is 13.5. The molecule has 0 spiro atoms. The van der Waals surface area contributed by atoms with Crippen LogP contribution >= 0.6 is 0 Å². The highest BCUT2D eigenvalue weighted by Crippen LogP contribution is 2.39. The topological polar surface area (TPSA) is 90.2 Å². The van der Waals surface area contributed by atoms with Crippen LogP contribution in [0.4, 0.5) is 18.0 Å². The summed E-state index contributed by atoms with van der Waals surface area (Å²) >= 11 is 0. The van der Waals surface area contributed by atoms with E-state index in [-0.39, 0.29) is 25.3 Å². The highest BCUT2D eigenvalue weighted by Gasteiger charge is 2.37. The SMILES string of the molecule is CC(C)(C)C(c1nc(-c2cccc(F)c2)cn1Cc1cccc(F)c1)N(CC[C@@H](N)CF)C(N)=O. The van der Waals surface area contributed by atoms with Crippen LogP contribution in [-0.4, -0.2) is 39.7 Å². The Balaban J connectivity index is 2.14. The molecule has 0 aliphatic carbocycles. The van der Waals surface area contributed by atoms with Crippen molar-refractivity contribution >= 4 is 6.03 Å². The molecule has 0 aliphatic rings. The van der Waals surface area contributed by atoms with Crippen molar-refractivity contribution in [2.45, 2.75) is 45.8 Å². The Morgan fingerprint density at radius 1 is 1.11 bits per heavy atom. The van der Waals surface area contributed by atoms with Gasteiger partial charge in [-0.1, -0.05) is 45.0 Å². The molecule has 35 heavy (non-hydrogen) atoms. The standard InChI is InChI=1S/C26H32F3N5O/c1-26(2,3)23(34(25(31)35)11-10-21(30)14-27)24-32-22(18-7-5-9-20(29)13-18)16-33(24)15-17-6-4-8-19(28)12-17/h4-9,12-13,16,21,23H,10-11,14-15,30H2,1-3H3,(H2,31,35)/t21-,23?/m1/s1. The Morgan fingerprint density at radius 2 is 1.77 bits per heavy atom. The molecule has 0 fully saturated rings. The Hall–Kier alpha value is -3.33. The summed E-state index contributed by atoms with van der Waals surface area (Å²) in [7, 11) is 0. The highest BCUT2D eigenvalue weighted by atomic mass is 19.1. The minimum Gasteiger partial charge on any atom is -0.351 e. The molecule has 0 saturated carbocycles. The van der Waals surface area contributed by atoms with Gasteiger partial charge in [-0.15, -0.1) is 0 Å². The first kappa shape index (κ1) is 26.3. The van der Waals surface area contributed by atoms with Gasteiger partial charge in [0, 0.05) is 30.9 Å². The average Bonchev–Trinajstić information content (AvgIpc) is 3.18. The maximum Gasteiger partial charge on any atom is 0.315 e. The molecule has 4 N–H and O–H groups in total. The number of carbonyl (C=O) groups is 1. The number of alkyl halides is 1. The molecule has 1 unspecified atom stereocenters. The third-order valence-electron chi connectivity index (χ3n) is 5.77. The Bertz CT molecular complexity index is 1160. The van der Waals surface area contributed by atoms with Gasteiger partial charge >= 0.3 is 6.03 Å². The molecule has 0 aliphatic heterocycles. The molecule has 3 aromatic rings. The van der Waals surface area contributed by atoms with Gasteiger partial charge in [-0.3, -0.25) is 0 Å². The molecule has 2 amide bonds. The fourth-order valence-electron chi connectivity index (χ4n) is 4.14. The third kappa shape index (κ3) is 6.63. The van der Waals surface area contributed by atoms with Gasteiger partial charge in [0.15, 0.2) is 0 Å². The maximum atomic E-state index is 14.0. The summed E-state index contributed by atoms with van der Waals surface area (Å²) < 4.78 is 42.7. The fourth-order valence-corrected chi connectivity index (χ4v) is 4.14. The molecule has 9 heteroatoms. The Morgan fingerprint density at radius 3 is 2.34 bits per heavy atom. The van der Waals surface area contributed by atoms with E-state index >= 15 is 0 Å². The number of aromatic nitrogens is 2. The van der Waals surface area contributed by atoms with Crippen LogP contribution < -0.4 is 11.5 Å². The number of rotatable bonds is 9. The Labute approximate surface area is 203 Å². The highest BCUT2D eigenvalue weighted by molar-refractivity contribution is 5.72. The van der Waals surface area contributed by atoms with Gasteiger partial charge in [-0.25, -0.2) is 22.9 Å². The van der Waals surface area contributed by atoms with Crippen LogP contribution in [0.5, 0.6) is 0 Å². The quantitative estimate of drug-likeness (QED) is 0.444. The predicted octanol–water partition coefficient (Wildman–Crippen LogP) is 5.03. The van der Waals surface area contributed by atoms with Gasteiger partial charge in [0.05, 0.1) is 11.7 Å². The first-order valence-electron chi connectivity index (χ1n) is 11.4. The zero-order chi connectivity index (χ0) is 25.8. The van der Waals surface area contributed by atoms with Gasteiger partial charge in [-0.05, 0) is 41.7 Å². The number of carbonyl (C=O) groups excluding carboxylic acids is 1. The van der Waals surface area contributed by atoms with E-state index in [2.05, 4.69) is 0 Å². The van der Waals surface area contributed by atoms with E-state index in [1.807, 2.05) is 25.3 Å². The number of amides is 2. The smallest absolute Gasteiger partial charge is 0.315 e. The minimum absolute atomic E-state index is 0.129. The van der Waals surface area contributed by atoms with Crippen molar-refractivity contribution in [3.63, 3.8) is 0 Å². The molecular formula is C26H32F3N5O. The fraction of sp³-hybridized carbons (Fsp3) is 0.385. The van der Waals surface area contributed by atoms with Crippen molar-refractivity contribution in [3.05, 3.63) is 77.8 Å². The van der Waals surface area contributed by atoms with Crippen LogP contribution in [-0.2, 0) is 6.54 Å². The number of nitrogens with two attached hydrogens (primary N) is 2. The van der Waals surface area contributed by atoms with Crippen molar-refractivity contribution < 1.29 is 18.0 Å². The molecule has 2 aromatic carbocycles. The number of nitrogens with zero attached hydrogens (tertiary/aromatic N) is 3. The van der Waals surface area contributed by atoms with Crippen LogP contribution in [0.15, 0.2) is 54.7 Å². The van der Waals surface area contributed by atoms with Crippen molar-refractivity contribution in [1.82, 2.24) is 14.5 Å². The predicted molar refractivity (Wildman–Crippen MR) is 130 cm³/mol. The van der Waals surface area contributed by atoms with Gasteiger partial charge in [0.1, 0.15) is 24.1 Å². The van der Waals surface area contributed by atoms with Crippen molar-refractivity contribution in [2.75, 3.05) is 13.2 Å². The lowest BCUT2D eigenvalue weighted by Gasteiger charge is -2.39. The molecule has 0 radical (unpaired) electrons. The van der Waals surface area contributed by atoms with E-state index in [1.165, 1.54) is 29.2 Å². The summed E-state index contributed by atoms with van der Waals surface area (Å²) in [5.74, 6) is -0.287. The number of hydrogen-bond donors (Lipinski definition) is 2. The van der Waals surface area contributed by atoms with Crippen LogP contribution in [0.2, 0.25) is 0 Å². The number of halogens is 3. The lowest BCUT2D eigenvalue weighted by molar-refractivity contribution is 0.111. The van der Waals surface area contributed by atoms with Crippen LogP contribution in [0.25, 0.3) is 11.3 Å². The van der Waals surface area contributed by atoms with E-state index in [4.69, 9.17) is 16.5 Å².